The van der Waals surface area contributed by atoms with Gasteiger partial charge in [-0.05, 0) is 50.2 Å². The molecule has 0 aliphatic carbocycles. The third-order valence-corrected chi connectivity index (χ3v) is 7.12. The summed E-state index contributed by atoms with van der Waals surface area (Å²) in [5.74, 6) is -4.87. The Labute approximate surface area is 253 Å². The Hall–Kier alpha value is -4.46. The van der Waals surface area contributed by atoms with Crippen LogP contribution in [0.5, 0.6) is 0 Å². The van der Waals surface area contributed by atoms with E-state index >= 15 is 0 Å². The first-order chi connectivity index (χ1) is 20.6. The zero-order chi connectivity index (χ0) is 31.6. The molecule has 43 heavy (non-hydrogen) atoms. The molecule has 2 heterocycles. The van der Waals surface area contributed by atoms with Crippen LogP contribution in [0, 0.1) is 0 Å². The number of fused-ring (bicyclic) bond motifs is 2. The van der Waals surface area contributed by atoms with Gasteiger partial charge in [-0.2, -0.15) is 0 Å². The number of nitrogens with zero attached hydrogens (tertiary/aromatic N) is 2. The van der Waals surface area contributed by atoms with Crippen LogP contribution in [0.25, 0.3) is 0 Å². The molecular formula is C30H35N3O9S. The molecule has 0 bridgehead atoms. The summed E-state index contributed by atoms with van der Waals surface area (Å²) in [5, 5.41) is 34.7. The summed E-state index contributed by atoms with van der Waals surface area (Å²) < 4.78 is 0. The smallest absolute Gasteiger partial charge is 0.328 e. The molecule has 1 fully saturated rings. The van der Waals surface area contributed by atoms with E-state index in [9.17, 15) is 24.0 Å². The van der Waals surface area contributed by atoms with Gasteiger partial charge in [-0.1, -0.05) is 42.4 Å². The maximum Gasteiger partial charge on any atom is 0.328 e. The van der Waals surface area contributed by atoms with Crippen molar-refractivity contribution in [3.8, 4) is 0 Å². The van der Waals surface area contributed by atoms with Crippen LogP contribution < -0.4 is 10.2 Å². The second kappa shape index (κ2) is 18.9. The lowest BCUT2D eigenvalue weighted by atomic mass is 10.1. The van der Waals surface area contributed by atoms with Gasteiger partial charge < -0.3 is 30.6 Å². The van der Waals surface area contributed by atoms with Crippen molar-refractivity contribution >= 4 is 52.9 Å². The largest absolute Gasteiger partial charge is 0.478 e. The van der Waals surface area contributed by atoms with Crippen LogP contribution in [0.4, 0.5) is 11.4 Å². The quantitative estimate of drug-likeness (QED) is 0.194. The average molecular weight is 614 g/mol. The van der Waals surface area contributed by atoms with Crippen LogP contribution in [-0.4, -0.2) is 87.8 Å². The first kappa shape index (κ1) is 34.7. The van der Waals surface area contributed by atoms with Crippen LogP contribution in [0.3, 0.4) is 0 Å². The summed E-state index contributed by atoms with van der Waals surface area (Å²) in [7, 11) is 0. The van der Waals surface area contributed by atoms with Crippen molar-refractivity contribution in [2.75, 3.05) is 37.6 Å². The van der Waals surface area contributed by atoms with E-state index < -0.39 is 23.9 Å². The summed E-state index contributed by atoms with van der Waals surface area (Å²) in [6, 6.07) is 16.3. The molecule has 12 nitrogen and oxygen atoms in total. The Kier molecular flexibility index (Phi) is 15.2. The standard InChI is InChI=1S/C22H27N3OS.2C4H4O4/c26-22(12-13-23-14-17-24-15-6-1-7-16-24)25-18-8-2-4-10-20(18)27-21-11-5-3-9-19(21)25;2*5-3(6)1-2-4(7)8/h2-5,8-11,23H,1,6-7,12-17H2;2*1-2H,(H,5,6)(H,7,8)/b;2*2-1-. The second-order valence-corrected chi connectivity index (χ2v) is 10.3. The van der Waals surface area contributed by atoms with Gasteiger partial charge in [-0.3, -0.25) is 9.69 Å². The third-order valence-electron chi connectivity index (χ3n) is 5.99. The molecule has 0 saturated carbocycles. The lowest BCUT2D eigenvalue weighted by Gasteiger charge is -2.31. The average Bonchev–Trinajstić information content (AvgIpc) is 2.98. The van der Waals surface area contributed by atoms with Crippen molar-refractivity contribution in [3.63, 3.8) is 0 Å². The van der Waals surface area contributed by atoms with Gasteiger partial charge in [0, 0.05) is 60.2 Å². The number of aliphatic carboxylic acids is 4. The van der Waals surface area contributed by atoms with E-state index in [1.807, 2.05) is 41.3 Å². The fraction of sp³-hybridized carbons (Fsp3) is 0.300. The van der Waals surface area contributed by atoms with Crippen molar-refractivity contribution < 1.29 is 44.4 Å². The summed E-state index contributed by atoms with van der Waals surface area (Å²) in [6.07, 6.45) is 6.76. The highest BCUT2D eigenvalue weighted by Crippen LogP contribution is 2.47. The van der Waals surface area contributed by atoms with Crippen LogP contribution in [0.15, 0.2) is 82.6 Å². The maximum absolute atomic E-state index is 13.1. The number of hydrogen-bond donors (Lipinski definition) is 5. The molecule has 0 radical (unpaired) electrons. The molecule has 0 spiro atoms. The Bertz CT molecular complexity index is 1210. The number of likely N-dealkylation sites (tertiary alicyclic amines) is 1. The summed E-state index contributed by atoms with van der Waals surface area (Å²) >= 11 is 1.74. The molecule has 0 unspecified atom stereocenters. The van der Waals surface area contributed by atoms with E-state index in [-0.39, 0.29) is 5.91 Å². The minimum Gasteiger partial charge on any atom is -0.478 e. The SMILES string of the molecule is O=C(CCNCCN1CCCCC1)N1c2ccccc2Sc2ccccc21.O=C(O)/C=C\C(=O)O.O=C(O)/C=C\C(=O)O. The Morgan fingerprint density at radius 2 is 1.12 bits per heavy atom. The number of amides is 1. The van der Waals surface area contributed by atoms with Gasteiger partial charge in [0.1, 0.15) is 0 Å². The minimum absolute atomic E-state index is 0.153. The predicted octanol–water partition coefficient (Wildman–Crippen LogP) is 3.71. The van der Waals surface area contributed by atoms with Crippen LogP contribution in [0.2, 0.25) is 0 Å². The summed E-state index contributed by atoms with van der Waals surface area (Å²) in [4.78, 5) is 58.0. The molecule has 2 aliphatic rings. The fourth-order valence-electron chi connectivity index (χ4n) is 4.11. The normalized spacial score (nSPS) is 14.0. The van der Waals surface area contributed by atoms with E-state index in [0.29, 0.717) is 30.7 Å². The first-order valence-electron chi connectivity index (χ1n) is 13.5. The number of carboxylic acids is 4. The van der Waals surface area contributed by atoms with Crippen molar-refractivity contribution in [1.29, 1.82) is 0 Å². The number of para-hydroxylation sites is 2. The van der Waals surface area contributed by atoms with Crippen molar-refractivity contribution in [2.45, 2.75) is 35.5 Å². The van der Waals surface area contributed by atoms with E-state index in [1.165, 1.54) is 32.4 Å². The summed E-state index contributed by atoms with van der Waals surface area (Å²) in [5.41, 5.74) is 2.00. The number of rotatable bonds is 10. The van der Waals surface area contributed by atoms with Crippen molar-refractivity contribution in [1.82, 2.24) is 10.2 Å². The fourth-order valence-corrected chi connectivity index (χ4v) is 5.17. The highest BCUT2D eigenvalue weighted by Gasteiger charge is 2.27. The molecule has 2 aromatic carbocycles. The molecule has 0 atom stereocenters. The lowest BCUT2D eigenvalue weighted by Crippen LogP contribution is -2.37. The highest BCUT2D eigenvalue weighted by molar-refractivity contribution is 7.99. The van der Waals surface area contributed by atoms with Crippen molar-refractivity contribution in [2.24, 2.45) is 0 Å². The minimum atomic E-state index is -1.26. The zero-order valence-corrected chi connectivity index (χ0v) is 24.2. The molecule has 0 aromatic heterocycles. The molecule has 4 rings (SSSR count). The van der Waals surface area contributed by atoms with Crippen LogP contribution in [-0.2, 0) is 24.0 Å². The zero-order valence-electron chi connectivity index (χ0n) is 23.4. The first-order valence-corrected chi connectivity index (χ1v) is 14.3. The topological polar surface area (TPSA) is 185 Å². The number of anilines is 2. The monoisotopic (exact) mass is 613 g/mol. The predicted molar refractivity (Wildman–Crippen MR) is 161 cm³/mol. The Balaban J connectivity index is 0.000000334. The number of nitrogens with one attached hydrogen (secondary N) is 1. The van der Waals surface area contributed by atoms with E-state index in [2.05, 4.69) is 22.3 Å². The molecule has 1 amide bonds. The van der Waals surface area contributed by atoms with Gasteiger partial charge in [0.15, 0.2) is 0 Å². The molecular weight excluding hydrogens is 578 g/mol. The van der Waals surface area contributed by atoms with Gasteiger partial charge in [0.25, 0.3) is 0 Å². The highest BCUT2D eigenvalue weighted by atomic mass is 32.2. The lowest BCUT2D eigenvalue weighted by molar-refractivity contribution is -0.134. The molecule has 2 aromatic rings. The number of hydrogen-bond acceptors (Lipinski definition) is 8. The molecule has 230 valence electrons. The second-order valence-electron chi connectivity index (χ2n) is 9.19. The Morgan fingerprint density at radius 1 is 0.674 bits per heavy atom. The van der Waals surface area contributed by atoms with E-state index in [0.717, 1.165) is 40.8 Å². The van der Waals surface area contributed by atoms with Crippen LogP contribution in [0.1, 0.15) is 25.7 Å². The van der Waals surface area contributed by atoms with Gasteiger partial charge in [-0.25, -0.2) is 19.2 Å². The van der Waals surface area contributed by atoms with Crippen molar-refractivity contribution in [3.05, 3.63) is 72.8 Å². The Morgan fingerprint density at radius 3 is 1.56 bits per heavy atom. The molecule has 2 aliphatic heterocycles. The number of carboxylic acid groups (broad SMARTS) is 4. The molecule has 13 heteroatoms. The van der Waals surface area contributed by atoms with Gasteiger partial charge in [0.2, 0.25) is 5.91 Å². The summed E-state index contributed by atoms with van der Waals surface area (Å²) in [6.45, 7) is 5.20. The van der Waals surface area contributed by atoms with Crippen LogP contribution >= 0.6 is 11.8 Å². The van der Waals surface area contributed by atoms with Gasteiger partial charge in [-0.15, -0.1) is 0 Å². The number of piperidine rings is 1. The third kappa shape index (κ3) is 13.4. The molecule has 5 N–H and O–H groups in total. The van der Waals surface area contributed by atoms with Gasteiger partial charge >= 0.3 is 23.9 Å². The number of carbonyl (C=O) groups excluding carboxylic acids is 1. The van der Waals surface area contributed by atoms with E-state index in [4.69, 9.17) is 20.4 Å². The number of carbonyl (C=O) groups is 5. The molecule has 1 saturated heterocycles. The van der Waals surface area contributed by atoms with Gasteiger partial charge in [0.05, 0.1) is 11.4 Å². The van der Waals surface area contributed by atoms with E-state index in [1.54, 1.807) is 11.8 Å². The maximum atomic E-state index is 13.1. The number of benzene rings is 2.